The summed E-state index contributed by atoms with van der Waals surface area (Å²) >= 11 is 0. The Morgan fingerprint density at radius 2 is 1.03 bits per heavy atom. The zero-order valence-corrected chi connectivity index (χ0v) is 23.5. The molecule has 6 heteroatoms. The second kappa shape index (κ2) is 11.4. The molecule has 0 aliphatic heterocycles. The van der Waals surface area contributed by atoms with Gasteiger partial charge >= 0.3 is 11.9 Å². The van der Waals surface area contributed by atoms with Gasteiger partial charge in [0.15, 0.2) is 0 Å². The van der Waals surface area contributed by atoms with Gasteiger partial charge in [-0.25, -0.2) is 0 Å². The van der Waals surface area contributed by atoms with Crippen LogP contribution < -0.4 is 0 Å². The SMILES string of the molecule is CC(C)(C)c1cc(CC(=O)O)cc(C(C)(C)C)c1O.Cc1cc(CCC(=O)O)cc(C(C)(C)C)c1O. The van der Waals surface area contributed by atoms with Crippen LogP contribution in [0.2, 0.25) is 0 Å². The molecule has 0 bridgehead atoms. The van der Waals surface area contributed by atoms with E-state index < -0.39 is 11.9 Å². The second-order valence-corrected chi connectivity index (χ2v) is 12.6. The Morgan fingerprint density at radius 3 is 1.39 bits per heavy atom. The van der Waals surface area contributed by atoms with E-state index in [9.17, 15) is 19.8 Å². The van der Waals surface area contributed by atoms with E-state index in [1.807, 2.05) is 81.4 Å². The minimum atomic E-state index is -0.856. The lowest BCUT2D eigenvalue weighted by molar-refractivity contribution is -0.137. The average Bonchev–Trinajstić information content (AvgIpc) is 2.67. The summed E-state index contributed by atoms with van der Waals surface area (Å²) in [6, 6.07) is 7.37. The number of carbonyl (C=O) groups is 2. The molecular weight excluding hydrogens is 456 g/mol. The van der Waals surface area contributed by atoms with Crippen LogP contribution in [0.3, 0.4) is 0 Å². The molecule has 0 aliphatic carbocycles. The lowest BCUT2D eigenvalue weighted by atomic mass is 9.78. The summed E-state index contributed by atoms with van der Waals surface area (Å²) in [5, 5.41) is 38.1. The van der Waals surface area contributed by atoms with Gasteiger partial charge in [0.25, 0.3) is 0 Å². The van der Waals surface area contributed by atoms with E-state index in [0.717, 1.165) is 33.4 Å². The van der Waals surface area contributed by atoms with Crippen LogP contribution in [0.1, 0.15) is 102 Å². The number of rotatable bonds is 5. The highest BCUT2D eigenvalue weighted by molar-refractivity contribution is 5.71. The molecule has 2 aromatic rings. The number of hydrogen-bond donors (Lipinski definition) is 4. The molecule has 0 amide bonds. The fourth-order valence-electron chi connectivity index (χ4n) is 3.94. The third kappa shape index (κ3) is 8.89. The Hall–Kier alpha value is -3.02. The zero-order chi connectivity index (χ0) is 28.2. The molecule has 0 heterocycles. The third-order valence-electron chi connectivity index (χ3n) is 5.94. The van der Waals surface area contributed by atoms with Crippen molar-refractivity contribution in [1.82, 2.24) is 0 Å². The first-order valence-electron chi connectivity index (χ1n) is 12.3. The highest BCUT2D eigenvalue weighted by atomic mass is 16.4. The molecule has 0 spiro atoms. The number of aryl methyl sites for hydroxylation is 2. The molecule has 0 saturated carbocycles. The molecule has 36 heavy (non-hydrogen) atoms. The van der Waals surface area contributed by atoms with Crippen LogP contribution in [0.5, 0.6) is 11.5 Å². The number of aliphatic carboxylic acids is 2. The Labute approximate surface area is 216 Å². The monoisotopic (exact) mass is 500 g/mol. The van der Waals surface area contributed by atoms with Gasteiger partial charge < -0.3 is 20.4 Å². The molecule has 0 radical (unpaired) electrons. The standard InChI is InChI=1S/C16H24O3.C14H20O3/c1-15(2,3)11-7-10(9-13(17)18)8-12(14(11)19)16(4,5)6;1-9-7-10(5-6-12(15)16)8-11(13(9)17)14(2,3)4/h7-8,19H,9H2,1-6H3,(H,17,18);7-8,17H,5-6H2,1-4H3,(H,15,16). The summed E-state index contributed by atoms with van der Waals surface area (Å²) in [4.78, 5) is 21.5. The van der Waals surface area contributed by atoms with Crippen LogP contribution in [-0.4, -0.2) is 32.4 Å². The molecule has 0 aliphatic rings. The Bertz CT molecular complexity index is 1060. The van der Waals surface area contributed by atoms with E-state index in [1.165, 1.54) is 0 Å². The topological polar surface area (TPSA) is 115 Å². The van der Waals surface area contributed by atoms with E-state index in [1.54, 1.807) is 12.1 Å². The fraction of sp³-hybridized carbons (Fsp3) is 0.533. The number of hydrogen-bond acceptors (Lipinski definition) is 4. The third-order valence-corrected chi connectivity index (χ3v) is 5.94. The van der Waals surface area contributed by atoms with Crippen LogP contribution in [0.4, 0.5) is 0 Å². The Balaban J connectivity index is 0.000000362. The van der Waals surface area contributed by atoms with Crippen LogP contribution in [0.25, 0.3) is 0 Å². The van der Waals surface area contributed by atoms with Crippen molar-refractivity contribution in [2.75, 3.05) is 0 Å². The maximum Gasteiger partial charge on any atom is 0.307 e. The largest absolute Gasteiger partial charge is 0.507 e. The predicted molar refractivity (Wildman–Crippen MR) is 144 cm³/mol. The van der Waals surface area contributed by atoms with Crippen molar-refractivity contribution in [2.45, 2.75) is 105 Å². The first-order valence-corrected chi connectivity index (χ1v) is 12.3. The molecule has 2 aromatic carbocycles. The summed E-state index contributed by atoms with van der Waals surface area (Å²) in [7, 11) is 0. The lowest BCUT2D eigenvalue weighted by Gasteiger charge is -2.28. The van der Waals surface area contributed by atoms with Crippen LogP contribution in [0.15, 0.2) is 24.3 Å². The molecule has 0 atom stereocenters. The van der Waals surface area contributed by atoms with Crippen molar-refractivity contribution < 1.29 is 30.0 Å². The van der Waals surface area contributed by atoms with Gasteiger partial charge in [-0.3, -0.25) is 9.59 Å². The molecule has 4 N–H and O–H groups in total. The Morgan fingerprint density at radius 1 is 0.639 bits per heavy atom. The van der Waals surface area contributed by atoms with Gasteiger partial charge in [0.2, 0.25) is 0 Å². The maximum absolute atomic E-state index is 10.9. The number of carboxylic acids is 2. The first-order chi connectivity index (χ1) is 16.1. The van der Waals surface area contributed by atoms with E-state index in [4.69, 9.17) is 10.2 Å². The van der Waals surface area contributed by atoms with Crippen molar-refractivity contribution in [3.05, 3.63) is 57.6 Å². The minimum absolute atomic E-state index is 0.0214. The van der Waals surface area contributed by atoms with Crippen LogP contribution in [0, 0.1) is 6.92 Å². The first kappa shape index (κ1) is 31.0. The second-order valence-electron chi connectivity index (χ2n) is 12.6. The van der Waals surface area contributed by atoms with Gasteiger partial charge in [-0.05, 0) is 63.0 Å². The average molecular weight is 501 g/mol. The van der Waals surface area contributed by atoms with E-state index in [-0.39, 0.29) is 34.8 Å². The molecule has 0 aromatic heterocycles. The summed E-state index contributed by atoms with van der Waals surface area (Å²) in [5.41, 5.74) is 4.39. The van der Waals surface area contributed by atoms with Gasteiger partial charge in [0.1, 0.15) is 11.5 Å². The van der Waals surface area contributed by atoms with E-state index >= 15 is 0 Å². The molecule has 0 fully saturated rings. The van der Waals surface area contributed by atoms with Gasteiger partial charge in [-0.1, -0.05) is 86.6 Å². The highest BCUT2D eigenvalue weighted by Crippen LogP contribution is 2.40. The number of phenols is 2. The molecule has 0 unspecified atom stereocenters. The predicted octanol–water partition coefficient (Wildman–Crippen LogP) is 6.63. The molecule has 6 nitrogen and oxygen atoms in total. The van der Waals surface area contributed by atoms with Gasteiger partial charge in [0.05, 0.1) is 6.42 Å². The minimum Gasteiger partial charge on any atom is -0.507 e. The normalized spacial score (nSPS) is 12.1. The maximum atomic E-state index is 10.9. The quantitative estimate of drug-likeness (QED) is 0.366. The van der Waals surface area contributed by atoms with Gasteiger partial charge in [0, 0.05) is 6.42 Å². The number of aromatic hydroxyl groups is 2. The fourth-order valence-corrected chi connectivity index (χ4v) is 3.94. The number of benzene rings is 2. The zero-order valence-electron chi connectivity index (χ0n) is 23.5. The van der Waals surface area contributed by atoms with E-state index in [2.05, 4.69) is 0 Å². The molecule has 0 saturated heterocycles. The summed E-state index contributed by atoms with van der Waals surface area (Å²) < 4.78 is 0. The summed E-state index contributed by atoms with van der Waals surface area (Å²) in [6.45, 7) is 20.0. The van der Waals surface area contributed by atoms with Crippen LogP contribution >= 0.6 is 0 Å². The smallest absolute Gasteiger partial charge is 0.307 e. The Kier molecular flexibility index (Phi) is 9.79. The van der Waals surface area contributed by atoms with Crippen molar-refractivity contribution in [1.29, 1.82) is 0 Å². The van der Waals surface area contributed by atoms with Crippen molar-refractivity contribution >= 4 is 11.9 Å². The summed E-state index contributed by atoms with van der Waals surface area (Å²) in [5.74, 6) is -1.05. The summed E-state index contributed by atoms with van der Waals surface area (Å²) in [6.07, 6.45) is 0.597. The van der Waals surface area contributed by atoms with Gasteiger partial charge in [-0.2, -0.15) is 0 Å². The van der Waals surface area contributed by atoms with Crippen LogP contribution in [-0.2, 0) is 38.7 Å². The van der Waals surface area contributed by atoms with Crippen molar-refractivity contribution in [3.8, 4) is 11.5 Å². The van der Waals surface area contributed by atoms with Crippen molar-refractivity contribution in [2.24, 2.45) is 0 Å². The van der Waals surface area contributed by atoms with E-state index in [0.29, 0.717) is 12.2 Å². The molecule has 2 rings (SSSR count). The number of phenolic OH excluding ortho intramolecular Hbond substituents is 2. The number of carboxylic acid groups (broad SMARTS) is 2. The lowest BCUT2D eigenvalue weighted by Crippen LogP contribution is -2.18. The molecular formula is C30H44O6. The molecule has 200 valence electrons. The van der Waals surface area contributed by atoms with Gasteiger partial charge in [-0.15, -0.1) is 0 Å². The van der Waals surface area contributed by atoms with Crippen molar-refractivity contribution in [3.63, 3.8) is 0 Å². The highest BCUT2D eigenvalue weighted by Gasteiger charge is 2.27.